The molecule has 1 aliphatic heterocycles. The Bertz CT molecular complexity index is 874. The minimum Gasteiger partial charge on any atom is -0.478 e. The van der Waals surface area contributed by atoms with Gasteiger partial charge in [-0.15, -0.1) is 0 Å². The Hall–Kier alpha value is -3.16. The van der Waals surface area contributed by atoms with Gasteiger partial charge in [0.25, 0.3) is 0 Å². The van der Waals surface area contributed by atoms with Gasteiger partial charge < -0.3 is 25.0 Å². The summed E-state index contributed by atoms with van der Waals surface area (Å²) in [6.07, 6.45) is 1.12. The molecule has 7 nitrogen and oxygen atoms in total. The molecular formula is C24H29NO6. The average Bonchev–Trinajstić information content (AvgIpc) is 2.76. The van der Waals surface area contributed by atoms with Gasteiger partial charge in [0.2, 0.25) is 0 Å². The molecule has 2 aromatic rings. The zero-order chi connectivity index (χ0) is 23.0. The Morgan fingerprint density at radius 2 is 1.35 bits per heavy atom. The standard InChI is InChI=1S/C20H25NO2.C4H4O4/c1-4-21(5-2)14-15(3)20(22)16-10-6-8-12-18(16)23-19-13-9-7-11-17(19)20;5-3(6)1-2-4(7)8/h6-13,15,22H,4-5,14H2,1-3H3;1-2H,(H,5,6)(H,7,8)/b;2-1+. The van der Waals surface area contributed by atoms with Crippen molar-refractivity contribution in [1.29, 1.82) is 0 Å². The summed E-state index contributed by atoms with van der Waals surface area (Å²) in [4.78, 5) is 21.5. The van der Waals surface area contributed by atoms with E-state index in [2.05, 4.69) is 25.7 Å². The van der Waals surface area contributed by atoms with E-state index in [0.717, 1.165) is 42.3 Å². The first kappa shape index (κ1) is 24.1. The lowest BCUT2D eigenvalue weighted by molar-refractivity contribution is -0.134. The molecule has 0 radical (unpaired) electrons. The Morgan fingerprint density at radius 3 is 1.74 bits per heavy atom. The highest BCUT2D eigenvalue weighted by Gasteiger charge is 2.44. The van der Waals surface area contributed by atoms with Crippen molar-refractivity contribution in [2.24, 2.45) is 5.92 Å². The molecule has 1 heterocycles. The predicted molar refractivity (Wildman–Crippen MR) is 117 cm³/mol. The average molecular weight is 427 g/mol. The van der Waals surface area contributed by atoms with Crippen LogP contribution in [0.1, 0.15) is 31.9 Å². The maximum absolute atomic E-state index is 11.8. The second-order valence-corrected chi connectivity index (χ2v) is 7.26. The first-order valence-corrected chi connectivity index (χ1v) is 10.2. The van der Waals surface area contributed by atoms with Gasteiger partial charge in [-0.1, -0.05) is 57.2 Å². The predicted octanol–water partition coefficient (Wildman–Crippen LogP) is 3.72. The van der Waals surface area contributed by atoms with Crippen LogP contribution in [0.5, 0.6) is 11.5 Å². The molecule has 31 heavy (non-hydrogen) atoms. The number of hydrogen-bond acceptors (Lipinski definition) is 5. The van der Waals surface area contributed by atoms with Gasteiger partial charge >= 0.3 is 11.9 Å². The summed E-state index contributed by atoms with van der Waals surface area (Å²) in [5, 5.41) is 27.4. The molecule has 3 rings (SSSR count). The van der Waals surface area contributed by atoms with E-state index in [1.54, 1.807) is 0 Å². The maximum atomic E-state index is 11.8. The molecule has 0 amide bonds. The summed E-state index contributed by atoms with van der Waals surface area (Å²) in [5.41, 5.74) is 0.685. The highest BCUT2D eigenvalue weighted by Crippen LogP contribution is 2.50. The van der Waals surface area contributed by atoms with Crippen LogP contribution >= 0.6 is 0 Å². The monoisotopic (exact) mass is 427 g/mol. The highest BCUT2D eigenvalue weighted by atomic mass is 16.5. The number of para-hydroxylation sites is 2. The van der Waals surface area contributed by atoms with Crippen LogP contribution in [-0.2, 0) is 15.2 Å². The molecular weight excluding hydrogens is 398 g/mol. The fourth-order valence-electron chi connectivity index (χ4n) is 3.68. The summed E-state index contributed by atoms with van der Waals surface area (Å²) in [7, 11) is 0. The van der Waals surface area contributed by atoms with Crippen LogP contribution in [0.3, 0.4) is 0 Å². The minimum atomic E-state index is -1.26. The zero-order valence-corrected chi connectivity index (χ0v) is 18.0. The van der Waals surface area contributed by atoms with Gasteiger partial charge in [-0.05, 0) is 25.2 Å². The van der Waals surface area contributed by atoms with Gasteiger partial charge in [-0.3, -0.25) is 0 Å². The fourth-order valence-corrected chi connectivity index (χ4v) is 3.68. The molecule has 1 aliphatic rings. The number of aliphatic carboxylic acids is 2. The molecule has 0 aromatic heterocycles. The Kier molecular flexibility index (Phi) is 8.36. The van der Waals surface area contributed by atoms with Crippen molar-refractivity contribution in [3.63, 3.8) is 0 Å². The SMILES string of the molecule is CCN(CC)CC(C)C1(O)c2ccccc2Oc2ccccc21.O=C(O)/C=C/C(=O)O. The number of benzene rings is 2. The van der Waals surface area contributed by atoms with Crippen molar-refractivity contribution in [3.8, 4) is 11.5 Å². The van der Waals surface area contributed by atoms with E-state index >= 15 is 0 Å². The van der Waals surface area contributed by atoms with Crippen molar-refractivity contribution in [2.75, 3.05) is 19.6 Å². The van der Waals surface area contributed by atoms with Gasteiger partial charge in [0.15, 0.2) is 0 Å². The summed E-state index contributed by atoms with van der Waals surface area (Å²) in [6.45, 7) is 9.25. The maximum Gasteiger partial charge on any atom is 0.328 e. The normalized spacial score (nSPS) is 14.6. The summed E-state index contributed by atoms with van der Waals surface area (Å²) < 4.78 is 6.01. The summed E-state index contributed by atoms with van der Waals surface area (Å²) in [6, 6.07) is 15.6. The molecule has 0 aliphatic carbocycles. The molecule has 0 saturated carbocycles. The molecule has 0 fully saturated rings. The van der Waals surface area contributed by atoms with Gasteiger partial charge in [0, 0.05) is 35.7 Å². The Balaban J connectivity index is 0.000000366. The van der Waals surface area contributed by atoms with E-state index in [4.69, 9.17) is 14.9 Å². The van der Waals surface area contributed by atoms with Crippen LogP contribution in [0, 0.1) is 5.92 Å². The van der Waals surface area contributed by atoms with Crippen LogP contribution in [0.25, 0.3) is 0 Å². The minimum absolute atomic E-state index is 0.0496. The third kappa shape index (κ3) is 5.71. The van der Waals surface area contributed by atoms with Crippen molar-refractivity contribution in [1.82, 2.24) is 4.90 Å². The smallest absolute Gasteiger partial charge is 0.328 e. The molecule has 2 aromatic carbocycles. The Labute approximate surface area is 182 Å². The molecule has 1 atom stereocenters. The number of ether oxygens (including phenoxy) is 1. The van der Waals surface area contributed by atoms with Crippen molar-refractivity contribution in [2.45, 2.75) is 26.4 Å². The van der Waals surface area contributed by atoms with E-state index in [1.807, 2.05) is 48.5 Å². The van der Waals surface area contributed by atoms with Crippen molar-refractivity contribution >= 4 is 11.9 Å². The van der Waals surface area contributed by atoms with Crippen LogP contribution in [0.4, 0.5) is 0 Å². The van der Waals surface area contributed by atoms with E-state index < -0.39 is 17.5 Å². The molecule has 1 unspecified atom stereocenters. The number of rotatable bonds is 7. The quantitative estimate of drug-likeness (QED) is 0.578. The van der Waals surface area contributed by atoms with Crippen LogP contribution in [-0.4, -0.2) is 51.8 Å². The number of carboxylic acid groups (broad SMARTS) is 2. The summed E-state index contributed by atoms with van der Waals surface area (Å²) in [5.74, 6) is -0.964. The third-order valence-corrected chi connectivity index (χ3v) is 5.32. The number of nitrogens with zero attached hydrogens (tertiary/aromatic N) is 1. The highest BCUT2D eigenvalue weighted by molar-refractivity contribution is 5.89. The topological polar surface area (TPSA) is 107 Å². The van der Waals surface area contributed by atoms with Gasteiger partial charge in [-0.25, -0.2) is 9.59 Å². The number of carbonyl (C=O) groups is 2. The van der Waals surface area contributed by atoms with Crippen LogP contribution in [0.2, 0.25) is 0 Å². The molecule has 0 saturated heterocycles. The van der Waals surface area contributed by atoms with E-state index in [0.29, 0.717) is 12.2 Å². The first-order valence-electron chi connectivity index (χ1n) is 10.2. The van der Waals surface area contributed by atoms with E-state index in [1.165, 1.54) is 0 Å². The van der Waals surface area contributed by atoms with Gasteiger partial charge in [-0.2, -0.15) is 0 Å². The second kappa shape index (κ2) is 10.7. The fraction of sp³-hybridized carbons (Fsp3) is 0.333. The second-order valence-electron chi connectivity index (χ2n) is 7.26. The molecule has 166 valence electrons. The van der Waals surface area contributed by atoms with Gasteiger partial charge in [0.05, 0.1) is 0 Å². The van der Waals surface area contributed by atoms with E-state index in [-0.39, 0.29) is 5.92 Å². The number of carboxylic acids is 2. The van der Waals surface area contributed by atoms with Crippen LogP contribution < -0.4 is 4.74 Å². The molecule has 0 bridgehead atoms. The first-order chi connectivity index (χ1) is 14.7. The number of hydrogen-bond donors (Lipinski definition) is 3. The number of fused-ring (bicyclic) bond motifs is 2. The Morgan fingerprint density at radius 1 is 0.935 bits per heavy atom. The van der Waals surface area contributed by atoms with Crippen molar-refractivity contribution < 1.29 is 29.6 Å². The lowest BCUT2D eigenvalue weighted by Crippen LogP contribution is -2.43. The molecule has 3 N–H and O–H groups in total. The zero-order valence-electron chi connectivity index (χ0n) is 18.0. The van der Waals surface area contributed by atoms with Crippen LogP contribution in [0.15, 0.2) is 60.7 Å². The third-order valence-electron chi connectivity index (χ3n) is 5.32. The molecule has 0 spiro atoms. The van der Waals surface area contributed by atoms with Crippen molar-refractivity contribution in [3.05, 3.63) is 71.8 Å². The molecule has 7 heteroatoms. The number of aliphatic hydroxyl groups is 1. The van der Waals surface area contributed by atoms with E-state index in [9.17, 15) is 14.7 Å². The largest absolute Gasteiger partial charge is 0.478 e. The lowest BCUT2D eigenvalue weighted by Gasteiger charge is -2.41. The summed E-state index contributed by atoms with van der Waals surface area (Å²) >= 11 is 0. The van der Waals surface area contributed by atoms with Gasteiger partial charge in [0.1, 0.15) is 17.1 Å². The lowest BCUT2D eigenvalue weighted by atomic mass is 9.74.